The van der Waals surface area contributed by atoms with Gasteiger partial charge >= 0.3 is 0 Å². The highest BCUT2D eigenvalue weighted by atomic mass is 35.5. The Hall–Kier alpha value is -3.68. The summed E-state index contributed by atoms with van der Waals surface area (Å²) in [6.45, 7) is 9.94. The van der Waals surface area contributed by atoms with Gasteiger partial charge in [-0.05, 0) is 48.7 Å². The summed E-state index contributed by atoms with van der Waals surface area (Å²) in [5.41, 5.74) is 1.84. The van der Waals surface area contributed by atoms with Crippen molar-refractivity contribution in [2.24, 2.45) is 0 Å². The number of aromatic nitrogens is 1. The second kappa shape index (κ2) is 14.2. The van der Waals surface area contributed by atoms with E-state index in [4.69, 9.17) is 18.7 Å². The third-order valence-corrected chi connectivity index (χ3v) is 9.02. The number of hydrogen-bond acceptors (Lipinski definition) is 10. The van der Waals surface area contributed by atoms with Gasteiger partial charge in [0, 0.05) is 58.9 Å². The van der Waals surface area contributed by atoms with Crippen molar-refractivity contribution in [3.05, 3.63) is 83.4 Å². The molecule has 1 aliphatic heterocycles. The number of Topliss-reactive ketones (excluding diaryl/α,β-unsaturated/α-hetero) is 1. The number of benzene rings is 2. The van der Waals surface area contributed by atoms with Crippen molar-refractivity contribution in [2.45, 2.75) is 11.8 Å². The second-order valence-corrected chi connectivity index (χ2v) is 12.2. The average Bonchev–Trinajstić information content (AvgIpc) is 3.68. The highest BCUT2D eigenvalue weighted by Crippen LogP contribution is 2.41. The number of methoxy groups -OCH3 is 1. The van der Waals surface area contributed by atoms with E-state index in [0.29, 0.717) is 49.2 Å². The Morgan fingerprint density at radius 2 is 1.86 bits per heavy atom. The van der Waals surface area contributed by atoms with Gasteiger partial charge in [-0.15, -0.1) is 23.7 Å². The molecule has 0 amide bonds. The summed E-state index contributed by atoms with van der Waals surface area (Å²) in [6, 6.07) is 14.7. The fourth-order valence-electron chi connectivity index (χ4n) is 4.51. The van der Waals surface area contributed by atoms with E-state index in [1.54, 1.807) is 31.4 Å². The molecular formula is C30H32ClN3O7S2. The van der Waals surface area contributed by atoms with E-state index in [1.807, 2.05) is 23.6 Å². The van der Waals surface area contributed by atoms with Crippen LogP contribution in [-0.2, 0) is 14.8 Å². The fraction of sp³-hybridized carbons (Fsp3) is 0.267. The minimum Gasteiger partial charge on any atom is -0.496 e. The van der Waals surface area contributed by atoms with Gasteiger partial charge in [-0.1, -0.05) is 17.8 Å². The maximum Gasteiger partial charge on any atom is 0.263 e. The molecule has 3 heterocycles. The summed E-state index contributed by atoms with van der Waals surface area (Å²) >= 11 is 1.55. The van der Waals surface area contributed by atoms with E-state index in [1.165, 1.54) is 30.3 Å². The SMILES string of the molecule is C=C(C(=O)c1ccc(S(=O)(=O)Nc2cc(C)on2)cc1)c1cc(-c2cccs2)c(OC)cc1OCCN1CCOCC1.Cl. The van der Waals surface area contributed by atoms with Gasteiger partial charge in [-0.3, -0.25) is 14.4 Å². The van der Waals surface area contributed by atoms with Gasteiger partial charge in [0.1, 0.15) is 23.9 Å². The second-order valence-electron chi connectivity index (χ2n) is 9.59. The van der Waals surface area contributed by atoms with Gasteiger partial charge in [0.25, 0.3) is 10.0 Å². The molecule has 0 radical (unpaired) electrons. The number of aryl methyl sites for hydroxylation is 1. The van der Waals surface area contributed by atoms with E-state index in [2.05, 4.69) is 21.4 Å². The van der Waals surface area contributed by atoms with Crippen molar-refractivity contribution in [3.8, 4) is 21.9 Å². The Morgan fingerprint density at radius 3 is 2.49 bits per heavy atom. The maximum atomic E-state index is 13.6. The number of carbonyl (C=O) groups is 1. The molecule has 1 aliphatic rings. The van der Waals surface area contributed by atoms with E-state index in [0.717, 1.165) is 23.5 Å². The highest BCUT2D eigenvalue weighted by molar-refractivity contribution is 7.92. The Morgan fingerprint density at radius 1 is 1.12 bits per heavy atom. The van der Waals surface area contributed by atoms with Crippen LogP contribution in [0.2, 0.25) is 0 Å². The number of allylic oxidation sites excluding steroid dienone is 1. The molecule has 0 unspecified atom stereocenters. The van der Waals surface area contributed by atoms with E-state index in [-0.39, 0.29) is 40.0 Å². The van der Waals surface area contributed by atoms with E-state index >= 15 is 0 Å². The number of halogens is 1. The van der Waals surface area contributed by atoms with Crippen LogP contribution in [0.1, 0.15) is 21.7 Å². The van der Waals surface area contributed by atoms with Crippen LogP contribution in [-0.4, -0.2) is 70.8 Å². The Bertz CT molecular complexity index is 1660. The van der Waals surface area contributed by atoms with Crippen LogP contribution in [0.4, 0.5) is 5.82 Å². The third-order valence-electron chi connectivity index (χ3n) is 6.75. The molecule has 2 aromatic heterocycles. The van der Waals surface area contributed by atoms with Gasteiger partial charge in [-0.2, -0.15) is 0 Å². The first kappa shape index (κ1) is 32.2. The molecule has 0 saturated carbocycles. The van der Waals surface area contributed by atoms with Crippen LogP contribution < -0.4 is 14.2 Å². The number of anilines is 1. The molecule has 5 rings (SSSR count). The molecule has 2 aromatic carbocycles. The standard InChI is InChI=1S/C30H31N3O7S2.ClH/c1-20-17-29(31-40-20)32-42(35,36)23-8-6-22(7-9-23)30(34)21(2)24-18-25(28-5-4-16-41-28)26(37-3)19-27(24)39-15-12-33-10-13-38-14-11-33;/h4-9,16-19H,2,10-15H2,1,3H3,(H,31,32);1H. The van der Waals surface area contributed by atoms with Crippen molar-refractivity contribution in [3.63, 3.8) is 0 Å². The molecule has 10 nitrogen and oxygen atoms in total. The van der Waals surface area contributed by atoms with Gasteiger partial charge in [0.15, 0.2) is 11.6 Å². The summed E-state index contributed by atoms with van der Waals surface area (Å²) in [5, 5.41) is 5.63. The predicted octanol–water partition coefficient (Wildman–Crippen LogP) is 5.55. The summed E-state index contributed by atoms with van der Waals surface area (Å²) in [7, 11) is -2.34. The topological polar surface area (TPSA) is 120 Å². The Labute approximate surface area is 260 Å². The van der Waals surface area contributed by atoms with Gasteiger partial charge in [-0.25, -0.2) is 8.42 Å². The number of morpholine rings is 1. The Kier molecular flexibility index (Phi) is 10.6. The molecule has 1 N–H and O–H groups in total. The minimum atomic E-state index is -3.93. The lowest BCUT2D eigenvalue weighted by atomic mass is 9.95. The Balaban J connectivity index is 0.00000423. The van der Waals surface area contributed by atoms with Crippen molar-refractivity contribution >= 4 is 50.9 Å². The number of nitrogens with one attached hydrogen (secondary N) is 1. The number of thiophene rings is 1. The van der Waals surface area contributed by atoms with Crippen LogP contribution >= 0.6 is 23.7 Å². The first-order valence-corrected chi connectivity index (χ1v) is 15.6. The van der Waals surface area contributed by atoms with Crippen molar-refractivity contribution in [2.75, 3.05) is 51.3 Å². The minimum absolute atomic E-state index is 0. The van der Waals surface area contributed by atoms with Crippen LogP contribution in [0.5, 0.6) is 11.5 Å². The molecule has 0 spiro atoms. The summed E-state index contributed by atoms with van der Waals surface area (Å²) in [4.78, 5) is 16.8. The van der Waals surface area contributed by atoms with Gasteiger partial charge in [0.2, 0.25) is 0 Å². The number of nitrogens with zero attached hydrogens (tertiary/aromatic N) is 2. The zero-order valence-corrected chi connectivity index (χ0v) is 26.1. The summed E-state index contributed by atoms with van der Waals surface area (Å²) in [5.74, 6) is 1.28. The number of sulfonamides is 1. The van der Waals surface area contributed by atoms with Crippen molar-refractivity contribution < 1.29 is 31.9 Å². The van der Waals surface area contributed by atoms with Crippen LogP contribution in [0.15, 0.2) is 76.0 Å². The first-order valence-electron chi connectivity index (χ1n) is 13.2. The molecular weight excluding hydrogens is 614 g/mol. The summed E-state index contributed by atoms with van der Waals surface area (Å²) < 4.78 is 50.2. The zero-order chi connectivity index (χ0) is 29.7. The number of rotatable bonds is 12. The van der Waals surface area contributed by atoms with Gasteiger partial charge in [0.05, 0.1) is 25.2 Å². The predicted molar refractivity (Wildman–Crippen MR) is 168 cm³/mol. The molecule has 1 saturated heterocycles. The highest BCUT2D eigenvalue weighted by Gasteiger charge is 2.23. The zero-order valence-electron chi connectivity index (χ0n) is 23.7. The molecule has 228 valence electrons. The maximum absolute atomic E-state index is 13.6. The number of ether oxygens (including phenoxy) is 3. The molecule has 13 heteroatoms. The van der Waals surface area contributed by atoms with E-state index < -0.39 is 10.0 Å². The largest absolute Gasteiger partial charge is 0.496 e. The fourth-order valence-corrected chi connectivity index (χ4v) is 6.24. The normalized spacial score (nSPS) is 13.6. The molecule has 0 atom stereocenters. The number of carbonyl (C=O) groups excluding carboxylic acids is 1. The van der Waals surface area contributed by atoms with Gasteiger partial charge < -0.3 is 18.7 Å². The molecule has 1 fully saturated rings. The molecule has 4 aromatic rings. The quantitative estimate of drug-likeness (QED) is 0.156. The molecule has 0 bridgehead atoms. The summed E-state index contributed by atoms with van der Waals surface area (Å²) in [6.07, 6.45) is 0. The smallest absolute Gasteiger partial charge is 0.263 e. The van der Waals surface area contributed by atoms with Crippen LogP contribution in [0.25, 0.3) is 16.0 Å². The average molecular weight is 646 g/mol. The first-order chi connectivity index (χ1) is 20.2. The van der Waals surface area contributed by atoms with Crippen molar-refractivity contribution in [1.29, 1.82) is 0 Å². The molecule has 43 heavy (non-hydrogen) atoms. The van der Waals surface area contributed by atoms with Crippen LogP contribution in [0, 0.1) is 6.92 Å². The lowest BCUT2D eigenvalue weighted by Crippen LogP contribution is -2.38. The van der Waals surface area contributed by atoms with E-state index in [9.17, 15) is 13.2 Å². The van der Waals surface area contributed by atoms with Crippen LogP contribution in [0.3, 0.4) is 0 Å². The third kappa shape index (κ3) is 7.64. The number of hydrogen-bond donors (Lipinski definition) is 1. The lowest BCUT2D eigenvalue weighted by molar-refractivity contribution is 0.0322. The molecule has 0 aliphatic carbocycles. The van der Waals surface area contributed by atoms with Crippen molar-refractivity contribution in [1.82, 2.24) is 10.1 Å². The lowest BCUT2D eigenvalue weighted by Gasteiger charge is -2.26. The number of ketones is 1. The monoisotopic (exact) mass is 645 g/mol.